The van der Waals surface area contributed by atoms with E-state index in [2.05, 4.69) is 29.7 Å². The summed E-state index contributed by atoms with van der Waals surface area (Å²) in [5.41, 5.74) is 5.24. The van der Waals surface area contributed by atoms with Gasteiger partial charge >= 0.3 is 0 Å². The molecule has 0 aromatic heterocycles. The Morgan fingerprint density at radius 3 is 2.71 bits per heavy atom. The summed E-state index contributed by atoms with van der Waals surface area (Å²) in [7, 11) is 1.92. The molecule has 2 aromatic carbocycles. The average molecular weight is 301 g/mol. The molecular weight excluding hydrogens is 284 g/mol. The van der Waals surface area contributed by atoms with Gasteiger partial charge in [0.2, 0.25) is 5.91 Å². The standard InChI is InChI=1S/C17H17ClN2O/c1-10-5-3-4-6-12(10)17(19-2)13-7-11-8-16(21)20-15(11)9-14(13)18/h3-7,9,17,19H,8H2,1-2H3,(H,20,21). The highest BCUT2D eigenvalue weighted by atomic mass is 35.5. The number of hydrogen-bond acceptors (Lipinski definition) is 2. The lowest BCUT2D eigenvalue weighted by Gasteiger charge is -2.21. The number of fused-ring (bicyclic) bond motifs is 1. The van der Waals surface area contributed by atoms with Crippen LogP contribution in [-0.4, -0.2) is 13.0 Å². The molecule has 0 saturated heterocycles. The van der Waals surface area contributed by atoms with Gasteiger partial charge in [-0.15, -0.1) is 0 Å². The van der Waals surface area contributed by atoms with Crippen LogP contribution in [0.25, 0.3) is 0 Å². The highest BCUT2D eigenvalue weighted by Crippen LogP contribution is 2.35. The van der Waals surface area contributed by atoms with Gasteiger partial charge in [0.05, 0.1) is 12.5 Å². The van der Waals surface area contributed by atoms with Gasteiger partial charge < -0.3 is 10.6 Å². The Morgan fingerprint density at radius 2 is 2.00 bits per heavy atom. The Hall–Kier alpha value is -1.84. The van der Waals surface area contributed by atoms with Crippen LogP contribution in [0.4, 0.5) is 5.69 Å². The summed E-state index contributed by atoms with van der Waals surface area (Å²) in [5, 5.41) is 6.82. The molecule has 3 rings (SSSR count). The SMILES string of the molecule is CNC(c1ccccc1C)c1cc2c(cc1Cl)NC(=O)C2. The molecule has 0 aliphatic carbocycles. The van der Waals surface area contributed by atoms with Gasteiger partial charge in [-0.2, -0.15) is 0 Å². The van der Waals surface area contributed by atoms with E-state index >= 15 is 0 Å². The number of anilines is 1. The second kappa shape index (κ2) is 5.51. The normalized spacial score (nSPS) is 14.7. The quantitative estimate of drug-likeness (QED) is 0.911. The highest BCUT2D eigenvalue weighted by Gasteiger charge is 2.23. The minimum atomic E-state index is 0.0136. The highest BCUT2D eigenvalue weighted by molar-refractivity contribution is 6.32. The molecule has 1 unspecified atom stereocenters. The lowest BCUT2D eigenvalue weighted by molar-refractivity contribution is -0.115. The Morgan fingerprint density at radius 1 is 1.24 bits per heavy atom. The van der Waals surface area contributed by atoms with Crippen molar-refractivity contribution in [2.75, 3.05) is 12.4 Å². The number of hydrogen-bond donors (Lipinski definition) is 2. The molecule has 0 spiro atoms. The van der Waals surface area contributed by atoms with Crippen LogP contribution in [0.5, 0.6) is 0 Å². The average Bonchev–Trinajstić information content (AvgIpc) is 2.81. The third-order valence-corrected chi connectivity index (χ3v) is 4.27. The van der Waals surface area contributed by atoms with Crippen LogP contribution in [0.15, 0.2) is 36.4 Å². The van der Waals surface area contributed by atoms with E-state index in [0.717, 1.165) is 16.8 Å². The first kappa shape index (κ1) is 14.1. The zero-order chi connectivity index (χ0) is 15.0. The zero-order valence-electron chi connectivity index (χ0n) is 12.0. The summed E-state index contributed by atoms with van der Waals surface area (Å²) in [4.78, 5) is 11.5. The maximum Gasteiger partial charge on any atom is 0.228 e. The van der Waals surface area contributed by atoms with Gasteiger partial charge in [-0.1, -0.05) is 35.9 Å². The fourth-order valence-corrected chi connectivity index (χ4v) is 3.15. The van der Waals surface area contributed by atoms with Crippen molar-refractivity contribution in [1.29, 1.82) is 0 Å². The third-order valence-electron chi connectivity index (χ3n) is 3.95. The largest absolute Gasteiger partial charge is 0.325 e. The van der Waals surface area contributed by atoms with Crippen molar-refractivity contribution in [3.63, 3.8) is 0 Å². The van der Waals surface area contributed by atoms with E-state index in [9.17, 15) is 4.79 Å². The molecule has 1 aliphatic heterocycles. The molecular formula is C17H17ClN2O. The third kappa shape index (κ3) is 2.55. The summed E-state index contributed by atoms with van der Waals surface area (Å²) in [6.45, 7) is 2.09. The molecule has 0 radical (unpaired) electrons. The maximum absolute atomic E-state index is 11.5. The molecule has 0 saturated carbocycles. The minimum absolute atomic E-state index is 0.0136. The monoisotopic (exact) mass is 300 g/mol. The first-order chi connectivity index (χ1) is 10.1. The number of nitrogens with one attached hydrogen (secondary N) is 2. The second-order valence-electron chi connectivity index (χ2n) is 5.33. The van der Waals surface area contributed by atoms with Crippen LogP contribution < -0.4 is 10.6 Å². The summed E-state index contributed by atoms with van der Waals surface area (Å²) in [6.07, 6.45) is 0.420. The van der Waals surface area contributed by atoms with Crippen molar-refractivity contribution < 1.29 is 4.79 Å². The smallest absolute Gasteiger partial charge is 0.228 e. The molecule has 0 bridgehead atoms. The fraction of sp³-hybridized carbons (Fsp3) is 0.235. The number of amides is 1. The van der Waals surface area contributed by atoms with E-state index in [4.69, 9.17) is 11.6 Å². The van der Waals surface area contributed by atoms with Gasteiger partial charge in [-0.3, -0.25) is 4.79 Å². The number of carbonyl (C=O) groups is 1. The Balaban J connectivity index is 2.09. The zero-order valence-corrected chi connectivity index (χ0v) is 12.8. The van der Waals surface area contributed by atoms with Crippen molar-refractivity contribution in [2.45, 2.75) is 19.4 Å². The number of rotatable bonds is 3. The van der Waals surface area contributed by atoms with Gasteiger partial charge in [0.1, 0.15) is 0 Å². The predicted molar refractivity (Wildman–Crippen MR) is 85.9 cm³/mol. The summed E-state index contributed by atoms with van der Waals surface area (Å²) in [5.74, 6) is 0.0233. The van der Waals surface area contributed by atoms with Crippen molar-refractivity contribution >= 4 is 23.2 Å². The van der Waals surface area contributed by atoms with E-state index in [0.29, 0.717) is 11.4 Å². The molecule has 0 fully saturated rings. The molecule has 1 aliphatic rings. The summed E-state index contributed by atoms with van der Waals surface area (Å²) >= 11 is 6.44. The summed E-state index contributed by atoms with van der Waals surface area (Å²) < 4.78 is 0. The van der Waals surface area contributed by atoms with E-state index < -0.39 is 0 Å². The van der Waals surface area contributed by atoms with Crippen molar-refractivity contribution in [3.8, 4) is 0 Å². The van der Waals surface area contributed by atoms with Gasteiger partial charge in [0, 0.05) is 10.7 Å². The minimum Gasteiger partial charge on any atom is -0.325 e. The van der Waals surface area contributed by atoms with Crippen LogP contribution in [0.2, 0.25) is 5.02 Å². The maximum atomic E-state index is 11.5. The molecule has 2 N–H and O–H groups in total. The van der Waals surface area contributed by atoms with E-state index in [1.54, 1.807) is 0 Å². The predicted octanol–water partition coefficient (Wildman–Crippen LogP) is 3.45. The fourth-order valence-electron chi connectivity index (χ4n) is 2.88. The van der Waals surface area contributed by atoms with Crippen molar-refractivity contribution in [3.05, 3.63) is 63.7 Å². The number of benzene rings is 2. The molecule has 108 valence electrons. The molecule has 3 nitrogen and oxygen atoms in total. The molecule has 21 heavy (non-hydrogen) atoms. The van der Waals surface area contributed by atoms with Crippen LogP contribution in [0.3, 0.4) is 0 Å². The topological polar surface area (TPSA) is 41.1 Å². The lowest BCUT2D eigenvalue weighted by atomic mass is 9.93. The first-order valence-corrected chi connectivity index (χ1v) is 7.33. The van der Waals surface area contributed by atoms with Gasteiger partial charge in [0.25, 0.3) is 0 Å². The van der Waals surface area contributed by atoms with Crippen LogP contribution >= 0.6 is 11.6 Å². The van der Waals surface area contributed by atoms with Crippen LogP contribution in [0, 0.1) is 6.92 Å². The van der Waals surface area contributed by atoms with Crippen molar-refractivity contribution in [1.82, 2.24) is 5.32 Å². The van der Waals surface area contributed by atoms with Crippen LogP contribution in [0.1, 0.15) is 28.3 Å². The molecule has 1 atom stereocenters. The number of aryl methyl sites for hydroxylation is 1. The molecule has 1 heterocycles. The Labute approximate surface area is 129 Å². The van der Waals surface area contributed by atoms with Gasteiger partial charge in [-0.05, 0) is 48.4 Å². The first-order valence-electron chi connectivity index (χ1n) is 6.95. The number of carbonyl (C=O) groups excluding carboxylic acids is 1. The second-order valence-corrected chi connectivity index (χ2v) is 5.74. The molecule has 2 aromatic rings. The Bertz CT molecular complexity index is 712. The van der Waals surface area contributed by atoms with E-state index in [1.807, 2.05) is 31.3 Å². The van der Waals surface area contributed by atoms with E-state index in [1.165, 1.54) is 11.1 Å². The van der Waals surface area contributed by atoms with Gasteiger partial charge in [0.15, 0.2) is 0 Å². The van der Waals surface area contributed by atoms with Gasteiger partial charge in [-0.25, -0.2) is 0 Å². The molecule has 1 amide bonds. The van der Waals surface area contributed by atoms with Crippen molar-refractivity contribution in [2.24, 2.45) is 0 Å². The molecule has 4 heteroatoms. The summed E-state index contributed by atoms with van der Waals surface area (Å²) in [6, 6.07) is 12.1. The Kier molecular flexibility index (Phi) is 3.70. The lowest BCUT2D eigenvalue weighted by Crippen LogP contribution is -2.19. The van der Waals surface area contributed by atoms with Crippen LogP contribution in [-0.2, 0) is 11.2 Å². The number of halogens is 1. The van der Waals surface area contributed by atoms with E-state index in [-0.39, 0.29) is 11.9 Å².